The summed E-state index contributed by atoms with van der Waals surface area (Å²) in [6.07, 6.45) is 5.64. The smallest absolute Gasteiger partial charge is 0.175 e. The van der Waals surface area contributed by atoms with Gasteiger partial charge in [0.1, 0.15) is 12.1 Å². The Morgan fingerprint density at radius 1 is 1.08 bits per heavy atom. The fraction of sp³-hybridized carbons (Fsp3) is 0.300. The SMILES string of the molecule is CCCC(Cc1ccccc1)Nc1ncnc2ccc(S(C)(=O)=O)cc12. The highest BCUT2D eigenvalue weighted by Gasteiger charge is 2.14. The van der Waals surface area contributed by atoms with E-state index in [-0.39, 0.29) is 10.9 Å². The molecule has 0 aliphatic carbocycles. The van der Waals surface area contributed by atoms with Gasteiger partial charge in [0.05, 0.1) is 10.4 Å². The third kappa shape index (κ3) is 4.38. The van der Waals surface area contributed by atoms with E-state index in [1.165, 1.54) is 18.1 Å². The molecule has 0 spiro atoms. The molecule has 0 amide bonds. The predicted molar refractivity (Wildman–Crippen MR) is 105 cm³/mol. The van der Waals surface area contributed by atoms with Crippen LogP contribution in [0.4, 0.5) is 5.82 Å². The lowest BCUT2D eigenvalue weighted by molar-refractivity contribution is 0.602. The van der Waals surface area contributed by atoms with Crippen LogP contribution in [0.5, 0.6) is 0 Å². The van der Waals surface area contributed by atoms with Crippen molar-refractivity contribution in [1.29, 1.82) is 0 Å². The molecule has 1 N–H and O–H groups in total. The average Bonchev–Trinajstić information content (AvgIpc) is 2.62. The summed E-state index contributed by atoms with van der Waals surface area (Å²) in [5.74, 6) is 0.676. The van der Waals surface area contributed by atoms with Gasteiger partial charge in [-0.25, -0.2) is 18.4 Å². The number of aromatic nitrogens is 2. The van der Waals surface area contributed by atoms with Gasteiger partial charge in [0.25, 0.3) is 0 Å². The zero-order chi connectivity index (χ0) is 18.6. The van der Waals surface area contributed by atoms with E-state index in [1.807, 2.05) is 18.2 Å². The maximum absolute atomic E-state index is 11.9. The summed E-state index contributed by atoms with van der Waals surface area (Å²) in [4.78, 5) is 8.91. The summed E-state index contributed by atoms with van der Waals surface area (Å²) in [7, 11) is -3.28. The number of nitrogens with zero attached hydrogens (tertiary/aromatic N) is 2. The second-order valence-corrected chi connectivity index (χ2v) is 8.51. The van der Waals surface area contributed by atoms with Gasteiger partial charge in [-0.3, -0.25) is 0 Å². The molecular formula is C20H23N3O2S. The highest BCUT2D eigenvalue weighted by Crippen LogP contribution is 2.24. The van der Waals surface area contributed by atoms with Gasteiger partial charge in [0, 0.05) is 17.7 Å². The van der Waals surface area contributed by atoms with Crippen LogP contribution in [0.2, 0.25) is 0 Å². The minimum Gasteiger partial charge on any atom is -0.366 e. The zero-order valence-electron chi connectivity index (χ0n) is 15.0. The number of anilines is 1. The number of hydrogen-bond acceptors (Lipinski definition) is 5. The van der Waals surface area contributed by atoms with E-state index in [2.05, 4.69) is 34.3 Å². The van der Waals surface area contributed by atoms with E-state index in [1.54, 1.807) is 18.2 Å². The first-order valence-corrected chi connectivity index (χ1v) is 10.6. The molecule has 0 aliphatic heterocycles. The molecule has 136 valence electrons. The molecule has 0 bridgehead atoms. The van der Waals surface area contributed by atoms with Crippen molar-refractivity contribution < 1.29 is 8.42 Å². The number of fused-ring (bicyclic) bond motifs is 1. The fourth-order valence-electron chi connectivity index (χ4n) is 3.05. The Morgan fingerprint density at radius 3 is 2.54 bits per heavy atom. The van der Waals surface area contributed by atoms with Gasteiger partial charge in [0.2, 0.25) is 0 Å². The topological polar surface area (TPSA) is 72.0 Å². The first kappa shape index (κ1) is 18.3. The summed E-state index contributed by atoms with van der Waals surface area (Å²) in [6.45, 7) is 2.15. The maximum atomic E-state index is 11.9. The van der Waals surface area contributed by atoms with Crippen molar-refractivity contribution in [2.24, 2.45) is 0 Å². The molecule has 1 aromatic heterocycles. The fourth-order valence-corrected chi connectivity index (χ4v) is 3.69. The Labute approximate surface area is 154 Å². The van der Waals surface area contributed by atoms with Crippen molar-refractivity contribution in [1.82, 2.24) is 9.97 Å². The Morgan fingerprint density at radius 2 is 1.85 bits per heavy atom. The Balaban J connectivity index is 1.94. The van der Waals surface area contributed by atoms with Gasteiger partial charge in [-0.1, -0.05) is 43.7 Å². The molecule has 3 rings (SSSR count). The van der Waals surface area contributed by atoms with Gasteiger partial charge in [-0.2, -0.15) is 0 Å². The molecular weight excluding hydrogens is 346 g/mol. The number of rotatable bonds is 7. The van der Waals surface area contributed by atoms with Gasteiger partial charge in [-0.05, 0) is 36.6 Å². The highest BCUT2D eigenvalue weighted by atomic mass is 32.2. The van der Waals surface area contributed by atoms with E-state index in [4.69, 9.17) is 0 Å². The zero-order valence-corrected chi connectivity index (χ0v) is 15.8. The van der Waals surface area contributed by atoms with Crippen molar-refractivity contribution in [3.63, 3.8) is 0 Å². The van der Waals surface area contributed by atoms with Gasteiger partial charge in [0.15, 0.2) is 9.84 Å². The van der Waals surface area contributed by atoms with Crippen LogP contribution < -0.4 is 5.32 Å². The molecule has 0 aliphatic rings. The van der Waals surface area contributed by atoms with Crippen LogP contribution in [0.1, 0.15) is 25.3 Å². The van der Waals surface area contributed by atoms with Crippen molar-refractivity contribution in [3.05, 3.63) is 60.4 Å². The van der Waals surface area contributed by atoms with E-state index in [0.29, 0.717) is 5.82 Å². The number of benzene rings is 2. The highest BCUT2D eigenvalue weighted by molar-refractivity contribution is 7.90. The second-order valence-electron chi connectivity index (χ2n) is 6.49. The molecule has 6 heteroatoms. The lowest BCUT2D eigenvalue weighted by Crippen LogP contribution is -2.23. The molecule has 0 saturated carbocycles. The minimum atomic E-state index is -3.28. The largest absolute Gasteiger partial charge is 0.366 e. The number of sulfone groups is 1. The van der Waals surface area contributed by atoms with Crippen LogP contribution in [-0.2, 0) is 16.3 Å². The standard InChI is InChI=1S/C20H23N3O2S/c1-3-7-16(12-15-8-5-4-6-9-15)23-20-18-13-17(26(2,24)25)10-11-19(18)21-14-22-20/h4-6,8-11,13-14,16H,3,7,12H2,1-2H3,(H,21,22,23). The summed E-state index contributed by atoms with van der Waals surface area (Å²) in [5, 5.41) is 4.23. The molecule has 1 atom stereocenters. The minimum absolute atomic E-state index is 0.211. The lowest BCUT2D eigenvalue weighted by atomic mass is 10.0. The van der Waals surface area contributed by atoms with Crippen molar-refractivity contribution in [3.8, 4) is 0 Å². The molecule has 26 heavy (non-hydrogen) atoms. The third-order valence-electron chi connectivity index (χ3n) is 4.34. The third-order valence-corrected chi connectivity index (χ3v) is 5.45. The Bertz CT molecular complexity index is 988. The van der Waals surface area contributed by atoms with E-state index in [0.717, 1.165) is 30.2 Å². The first-order valence-electron chi connectivity index (χ1n) is 8.72. The van der Waals surface area contributed by atoms with Crippen LogP contribution in [-0.4, -0.2) is 30.7 Å². The summed E-state index contributed by atoms with van der Waals surface area (Å²) < 4.78 is 23.8. The Hall–Kier alpha value is -2.47. The molecule has 3 aromatic rings. The van der Waals surface area contributed by atoms with Crippen LogP contribution >= 0.6 is 0 Å². The van der Waals surface area contributed by atoms with Crippen molar-refractivity contribution in [2.75, 3.05) is 11.6 Å². The maximum Gasteiger partial charge on any atom is 0.175 e. The first-order chi connectivity index (χ1) is 12.5. The van der Waals surface area contributed by atoms with Crippen LogP contribution in [0, 0.1) is 0 Å². The summed E-state index contributed by atoms with van der Waals surface area (Å²) >= 11 is 0. The average molecular weight is 369 g/mol. The monoisotopic (exact) mass is 369 g/mol. The normalized spacial score (nSPS) is 12.8. The molecule has 0 fully saturated rings. The van der Waals surface area contributed by atoms with Crippen LogP contribution in [0.25, 0.3) is 10.9 Å². The van der Waals surface area contributed by atoms with Gasteiger partial charge >= 0.3 is 0 Å². The number of hydrogen-bond donors (Lipinski definition) is 1. The van der Waals surface area contributed by atoms with Gasteiger partial charge in [-0.15, -0.1) is 0 Å². The Kier molecular flexibility index (Phi) is 5.52. The number of nitrogens with one attached hydrogen (secondary N) is 1. The summed E-state index contributed by atoms with van der Waals surface area (Å²) in [6, 6.07) is 15.5. The second kappa shape index (κ2) is 7.83. The molecule has 0 saturated heterocycles. The van der Waals surface area contributed by atoms with Crippen LogP contribution in [0.15, 0.2) is 59.8 Å². The van der Waals surface area contributed by atoms with E-state index in [9.17, 15) is 8.42 Å². The molecule has 1 unspecified atom stereocenters. The quantitative estimate of drug-likeness (QED) is 0.685. The predicted octanol–water partition coefficient (Wildman–Crippen LogP) is 3.86. The van der Waals surface area contributed by atoms with Crippen molar-refractivity contribution in [2.45, 2.75) is 37.1 Å². The van der Waals surface area contributed by atoms with E-state index < -0.39 is 9.84 Å². The van der Waals surface area contributed by atoms with Crippen LogP contribution in [0.3, 0.4) is 0 Å². The van der Waals surface area contributed by atoms with Crippen molar-refractivity contribution >= 4 is 26.6 Å². The van der Waals surface area contributed by atoms with E-state index >= 15 is 0 Å². The molecule has 1 heterocycles. The van der Waals surface area contributed by atoms with Gasteiger partial charge < -0.3 is 5.32 Å². The molecule has 2 aromatic carbocycles. The summed E-state index contributed by atoms with van der Waals surface area (Å²) in [5.41, 5.74) is 1.98. The molecule has 5 nitrogen and oxygen atoms in total. The molecule has 0 radical (unpaired) electrons. The lowest BCUT2D eigenvalue weighted by Gasteiger charge is -2.20.